The van der Waals surface area contributed by atoms with E-state index in [0.717, 1.165) is 64.6 Å². The average Bonchev–Trinajstić information content (AvgIpc) is 2.71. The second-order valence-electron chi connectivity index (χ2n) is 7.67. The average molecular weight is 501 g/mol. The van der Waals surface area contributed by atoms with E-state index in [1.54, 1.807) is 0 Å². The quantitative estimate of drug-likeness (QED) is 0.362. The summed E-state index contributed by atoms with van der Waals surface area (Å²) >= 11 is 0. The zero-order chi connectivity index (χ0) is 18.9. The van der Waals surface area contributed by atoms with Crippen molar-refractivity contribution in [1.82, 2.24) is 10.2 Å². The molecule has 0 aliphatic carbocycles. The number of likely N-dealkylation sites (tertiary alicyclic amines) is 1. The van der Waals surface area contributed by atoms with Crippen LogP contribution in [-0.2, 0) is 16.0 Å². The third kappa shape index (κ3) is 7.52. The molecule has 0 saturated carbocycles. The molecule has 0 spiro atoms. The van der Waals surface area contributed by atoms with Crippen molar-refractivity contribution in [3.63, 3.8) is 0 Å². The van der Waals surface area contributed by atoms with Gasteiger partial charge in [-0.15, -0.1) is 24.0 Å². The minimum atomic E-state index is 0. The molecule has 2 aliphatic rings. The van der Waals surface area contributed by atoms with Gasteiger partial charge in [0.05, 0.1) is 25.4 Å². The van der Waals surface area contributed by atoms with E-state index in [1.165, 1.54) is 24.0 Å². The highest BCUT2D eigenvalue weighted by atomic mass is 127. The highest BCUT2D eigenvalue weighted by Gasteiger charge is 2.23. The maximum atomic E-state index is 6.14. The summed E-state index contributed by atoms with van der Waals surface area (Å²) in [7, 11) is 0. The maximum absolute atomic E-state index is 6.14. The summed E-state index contributed by atoms with van der Waals surface area (Å²) < 4.78 is 11.9. The van der Waals surface area contributed by atoms with E-state index in [4.69, 9.17) is 14.5 Å². The summed E-state index contributed by atoms with van der Waals surface area (Å²) in [6.45, 7) is 9.51. The van der Waals surface area contributed by atoms with Crippen LogP contribution in [0.25, 0.3) is 0 Å². The Bertz CT molecular complexity index is 597. The Kier molecular flexibility index (Phi) is 10.6. The van der Waals surface area contributed by atoms with Crippen molar-refractivity contribution < 1.29 is 9.47 Å². The van der Waals surface area contributed by atoms with Gasteiger partial charge in [-0.2, -0.15) is 0 Å². The number of aryl methyl sites for hydroxylation is 1. The standard InChI is InChI=1S/C22H35N3O2.HI/c1-3-23-22(24-16-19-8-6-7-18(2)15-19)25-12-10-20(11-13-25)27-17-21-9-4-5-14-26-21;/h6-8,15,20-21H,3-5,9-14,16-17H2,1-2H3,(H,23,24);1H. The van der Waals surface area contributed by atoms with E-state index < -0.39 is 0 Å². The van der Waals surface area contributed by atoms with Crippen LogP contribution in [0.2, 0.25) is 0 Å². The van der Waals surface area contributed by atoms with Gasteiger partial charge >= 0.3 is 0 Å². The molecular weight excluding hydrogens is 465 g/mol. The number of nitrogens with zero attached hydrogens (tertiary/aromatic N) is 2. The molecule has 2 fully saturated rings. The van der Waals surface area contributed by atoms with Crippen molar-refractivity contribution >= 4 is 29.9 Å². The van der Waals surface area contributed by atoms with Crippen LogP contribution in [0.5, 0.6) is 0 Å². The van der Waals surface area contributed by atoms with Crippen molar-refractivity contribution in [2.75, 3.05) is 32.8 Å². The van der Waals surface area contributed by atoms with E-state index in [0.29, 0.717) is 12.2 Å². The van der Waals surface area contributed by atoms with Gasteiger partial charge in [-0.1, -0.05) is 29.8 Å². The number of ether oxygens (including phenoxy) is 2. The Balaban J connectivity index is 0.00000280. The molecule has 0 radical (unpaired) electrons. The lowest BCUT2D eigenvalue weighted by molar-refractivity contribution is -0.0721. The number of hydrogen-bond donors (Lipinski definition) is 1. The molecule has 28 heavy (non-hydrogen) atoms. The van der Waals surface area contributed by atoms with Crippen molar-refractivity contribution in [1.29, 1.82) is 0 Å². The summed E-state index contributed by atoms with van der Waals surface area (Å²) in [6, 6.07) is 8.58. The maximum Gasteiger partial charge on any atom is 0.194 e. The molecule has 1 N–H and O–H groups in total. The van der Waals surface area contributed by atoms with E-state index in [1.807, 2.05) is 0 Å². The largest absolute Gasteiger partial charge is 0.376 e. The van der Waals surface area contributed by atoms with Gasteiger partial charge in [0.25, 0.3) is 0 Å². The molecule has 158 valence electrons. The van der Waals surface area contributed by atoms with Crippen LogP contribution in [0.15, 0.2) is 29.3 Å². The van der Waals surface area contributed by atoms with Gasteiger partial charge < -0.3 is 19.7 Å². The van der Waals surface area contributed by atoms with Crippen LogP contribution in [0.3, 0.4) is 0 Å². The molecule has 1 aromatic carbocycles. The predicted molar refractivity (Wildman–Crippen MR) is 126 cm³/mol. The van der Waals surface area contributed by atoms with Gasteiger partial charge in [-0.05, 0) is 51.5 Å². The molecule has 0 aromatic heterocycles. The fraction of sp³-hybridized carbons (Fsp3) is 0.682. The minimum Gasteiger partial charge on any atom is -0.376 e. The summed E-state index contributed by atoms with van der Waals surface area (Å²) in [5.41, 5.74) is 2.55. The molecular formula is C22H36IN3O2. The zero-order valence-corrected chi connectivity index (χ0v) is 19.7. The highest BCUT2D eigenvalue weighted by Crippen LogP contribution is 2.18. The summed E-state index contributed by atoms with van der Waals surface area (Å²) in [6.07, 6.45) is 6.40. The second kappa shape index (κ2) is 12.6. The van der Waals surface area contributed by atoms with Gasteiger partial charge in [0.1, 0.15) is 0 Å². The molecule has 2 aliphatic heterocycles. The molecule has 2 saturated heterocycles. The Morgan fingerprint density at radius 2 is 2.07 bits per heavy atom. The number of hydrogen-bond acceptors (Lipinski definition) is 3. The van der Waals surface area contributed by atoms with Crippen molar-refractivity contribution in [3.8, 4) is 0 Å². The molecule has 0 bridgehead atoms. The summed E-state index contributed by atoms with van der Waals surface area (Å²) in [4.78, 5) is 7.23. The number of nitrogens with one attached hydrogen (secondary N) is 1. The number of guanidine groups is 1. The van der Waals surface area contributed by atoms with Crippen LogP contribution in [0, 0.1) is 6.92 Å². The third-order valence-electron chi connectivity index (χ3n) is 5.36. The van der Waals surface area contributed by atoms with Gasteiger partial charge in [0, 0.05) is 26.2 Å². The summed E-state index contributed by atoms with van der Waals surface area (Å²) in [5.74, 6) is 1.02. The normalized spacial score (nSPS) is 21.3. The first-order valence-electron chi connectivity index (χ1n) is 10.6. The predicted octanol–water partition coefficient (Wildman–Crippen LogP) is 4.13. The fourth-order valence-corrected chi connectivity index (χ4v) is 3.82. The SMILES string of the molecule is CCNC(=NCc1cccc(C)c1)N1CCC(OCC2CCCCO2)CC1.I. The number of piperidine rings is 1. The first kappa shape index (κ1) is 23.4. The minimum absolute atomic E-state index is 0. The smallest absolute Gasteiger partial charge is 0.194 e. The van der Waals surface area contributed by atoms with Crippen LogP contribution >= 0.6 is 24.0 Å². The number of rotatable bonds is 6. The number of aliphatic imine (C=N–C) groups is 1. The Labute approximate surface area is 187 Å². The van der Waals surface area contributed by atoms with E-state index in [-0.39, 0.29) is 24.0 Å². The zero-order valence-electron chi connectivity index (χ0n) is 17.4. The van der Waals surface area contributed by atoms with Crippen LogP contribution < -0.4 is 5.32 Å². The van der Waals surface area contributed by atoms with E-state index in [9.17, 15) is 0 Å². The molecule has 5 nitrogen and oxygen atoms in total. The molecule has 6 heteroatoms. The van der Waals surface area contributed by atoms with Crippen LogP contribution in [-0.4, -0.2) is 55.9 Å². The van der Waals surface area contributed by atoms with Crippen molar-refractivity contribution in [2.24, 2.45) is 4.99 Å². The van der Waals surface area contributed by atoms with E-state index >= 15 is 0 Å². The Morgan fingerprint density at radius 3 is 2.75 bits per heavy atom. The van der Waals surface area contributed by atoms with Gasteiger partial charge in [-0.3, -0.25) is 0 Å². The molecule has 1 unspecified atom stereocenters. The molecule has 1 aromatic rings. The topological polar surface area (TPSA) is 46.1 Å². The Morgan fingerprint density at radius 1 is 1.25 bits per heavy atom. The number of halogens is 1. The highest BCUT2D eigenvalue weighted by molar-refractivity contribution is 14.0. The van der Waals surface area contributed by atoms with Gasteiger partial charge in [0.15, 0.2) is 5.96 Å². The third-order valence-corrected chi connectivity index (χ3v) is 5.36. The lowest BCUT2D eigenvalue weighted by Crippen LogP contribution is -2.47. The van der Waals surface area contributed by atoms with Crippen LogP contribution in [0.1, 0.15) is 50.2 Å². The summed E-state index contributed by atoms with van der Waals surface area (Å²) in [5, 5.41) is 3.45. The van der Waals surface area contributed by atoms with E-state index in [2.05, 4.69) is 48.3 Å². The van der Waals surface area contributed by atoms with Crippen molar-refractivity contribution in [2.45, 2.75) is 64.7 Å². The monoisotopic (exact) mass is 501 g/mol. The van der Waals surface area contributed by atoms with Gasteiger partial charge in [-0.25, -0.2) is 4.99 Å². The Hall–Kier alpha value is -0.860. The van der Waals surface area contributed by atoms with Crippen molar-refractivity contribution in [3.05, 3.63) is 35.4 Å². The lowest BCUT2D eigenvalue weighted by Gasteiger charge is -2.35. The van der Waals surface area contributed by atoms with Crippen LogP contribution in [0.4, 0.5) is 0 Å². The fourth-order valence-electron chi connectivity index (χ4n) is 3.82. The number of benzene rings is 1. The lowest BCUT2D eigenvalue weighted by atomic mass is 10.1. The first-order chi connectivity index (χ1) is 13.2. The first-order valence-corrected chi connectivity index (χ1v) is 10.6. The molecule has 0 amide bonds. The molecule has 1 atom stereocenters. The molecule has 3 rings (SSSR count). The molecule has 2 heterocycles. The second-order valence-corrected chi connectivity index (χ2v) is 7.67. The van der Waals surface area contributed by atoms with Gasteiger partial charge in [0.2, 0.25) is 0 Å².